The van der Waals surface area contributed by atoms with Crippen molar-refractivity contribution in [1.29, 1.82) is 0 Å². The second-order valence-corrected chi connectivity index (χ2v) is 11.7. The van der Waals surface area contributed by atoms with Crippen LogP contribution in [0.1, 0.15) is 32.7 Å². The van der Waals surface area contributed by atoms with Crippen LogP contribution in [0.5, 0.6) is 0 Å². The highest BCUT2D eigenvalue weighted by atomic mass is 35.5. The van der Waals surface area contributed by atoms with Gasteiger partial charge in [0.05, 0.1) is 27.1 Å². The molecule has 0 saturated carbocycles. The van der Waals surface area contributed by atoms with Crippen molar-refractivity contribution in [2.24, 2.45) is 0 Å². The van der Waals surface area contributed by atoms with E-state index < -0.39 is 0 Å². The summed E-state index contributed by atoms with van der Waals surface area (Å²) in [6.45, 7) is 6.28. The molecule has 0 N–H and O–H groups in total. The maximum absolute atomic E-state index is 6.28. The van der Waals surface area contributed by atoms with Gasteiger partial charge in [0, 0.05) is 17.6 Å². The number of fused-ring (bicyclic) bond motifs is 1. The lowest BCUT2D eigenvalue weighted by Crippen LogP contribution is -2.32. The summed E-state index contributed by atoms with van der Waals surface area (Å²) in [4.78, 5) is 16.7. The smallest absolute Gasteiger partial charge is 0.216 e. The van der Waals surface area contributed by atoms with Crippen LogP contribution in [-0.4, -0.2) is 70.0 Å². The van der Waals surface area contributed by atoms with Crippen LogP contribution in [-0.2, 0) is 0 Å². The van der Waals surface area contributed by atoms with Gasteiger partial charge in [-0.1, -0.05) is 48.8 Å². The van der Waals surface area contributed by atoms with Gasteiger partial charge in [-0.3, -0.25) is 4.57 Å². The Morgan fingerprint density at radius 3 is 2.44 bits per heavy atom. The molecule has 13 heteroatoms. The normalized spacial score (nSPS) is 15.6. The van der Waals surface area contributed by atoms with Crippen molar-refractivity contribution in [3.63, 3.8) is 0 Å². The fourth-order valence-corrected chi connectivity index (χ4v) is 5.84. The molecule has 0 spiro atoms. The Labute approximate surface area is 215 Å². The van der Waals surface area contributed by atoms with E-state index in [9.17, 15) is 0 Å². The highest BCUT2D eigenvalue weighted by Crippen LogP contribution is 2.36. The van der Waals surface area contributed by atoms with E-state index in [1.54, 1.807) is 30.1 Å². The molecule has 0 radical (unpaired) electrons. The molecule has 1 aliphatic rings. The van der Waals surface area contributed by atoms with Crippen molar-refractivity contribution < 1.29 is 0 Å². The minimum Gasteiger partial charge on any atom is -0.306 e. The first kappa shape index (κ1) is 23.8. The summed E-state index contributed by atoms with van der Waals surface area (Å²) >= 11 is 15.6. The van der Waals surface area contributed by atoms with Crippen LogP contribution in [0.15, 0.2) is 39.9 Å². The third-order valence-corrected chi connectivity index (χ3v) is 8.14. The number of tetrazole rings is 1. The summed E-state index contributed by atoms with van der Waals surface area (Å²) in [6.07, 6.45) is 5.65. The number of likely N-dealkylation sites (tertiary alicyclic amines) is 1. The van der Waals surface area contributed by atoms with E-state index in [-0.39, 0.29) is 6.04 Å². The molecule has 34 heavy (non-hydrogen) atoms. The third kappa shape index (κ3) is 4.90. The molecule has 4 heterocycles. The zero-order chi connectivity index (χ0) is 23.8. The number of rotatable bonds is 6. The highest BCUT2D eigenvalue weighted by Gasteiger charge is 2.25. The molecule has 0 atom stereocenters. The quantitative estimate of drug-likeness (QED) is 0.315. The summed E-state index contributed by atoms with van der Waals surface area (Å²) in [5.41, 5.74) is 1.30. The number of benzene rings is 1. The number of thioether (sulfide) groups is 1. The minimum atomic E-state index is 0.249. The van der Waals surface area contributed by atoms with Crippen LogP contribution in [0.25, 0.3) is 16.9 Å². The minimum absolute atomic E-state index is 0.249. The van der Waals surface area contributed by atoms with E-state index in [1.165, 1.54) is 11.8 Å². The lowest BCUT2D eigenvalue weighted by molar-refractivity contribution is 0.203. The zero-order valence-electron chi connectivity index (χ0n) is 18.9. The Balaban J connectivity index is 1.59. The molecule has 5 rings (SSSR count). The predicted octanol–water partition coefficient (Wildman–Crippen LogP) is 5.03. The molecule has 0 aliphatic carbocycles. The van der Waals surface area contributed by atoms with Crippen molar-refractivity contribution >= 4 is 57.8 Å². The van der Waals surface area contributed by atoms with E-state index in [0.717, 1.165) is 31.1 Å². The maximum atomic E-state index is 6.28. The van der Waals surface area contributed by atoms with Crippen molar-refractivity contribution in [3.8, 4) is 5.82 Å². The molecule has 0 unspecified atom stereocenters. The van der Waals surface area contributed by atoms with Crippen molar-refractivity contribution in [3.05, 3.63) is 34.6 Å². The standard InChI is InChI=1S/C21H23Cl2N9S2/c1-12(2)33-20-24-6-9-31(20)18-19(26-17-11-15(23)14(22)10-16(17)25-18)34-21-27-28-29-32(21)13-4-7-30(3)8-5-13/h6,9-13H,4-5,7-8H2,1-3H3. The molecule has 1 aliphatic heterocycles. The first-order chi connectivity index (χ1) is 16.4. The molecule has 178 valence electrons. The van der Waals surface area contributed by atoms with Crippen LogP contribution in [0.4, 0.5) is 0 Å². The van der Waals surface area contributed by atoms with Gasteiger partial charge in [0.25, 0.3) is 0 Å². The second kappa shape index (κ2) is 9.98. The summed E-state index contributed by atoms with van der Waals surface area (Å²) < 4.78 is 3.87. The van der Waals surface area contributed by atoms with Gasteiger partial charge in [-0.25, -0.2) is 19.6 Å². The van der Waals surface area contributed by atoms with Gasteiger partial charge in [-0.2, -0.15) is 0 Å². The van der Waals surface area contributed by atoms with Gasteiger partial charge >= 0.3 is 0 Å². The Hall–Kier alpha value is -1.92. The number of piperidine rings is 1. The van der Waals surface area contributed by atoms with Crippen molar-refractivity contribution in [2.45, 2.75) is 53.3 Å². The Kier molecular flexibility index (Phi) is 6.99. The molecule has 0 amide bonds. The fourth-order valence-electron chi connectivity index (χ4n) is 3.81. The van der Waals surface area contributed by atoms with E-state index in [2.05, 4.69) is 46.3 Å². The van der Waals surface area contributed by atoms with E-state index in [0.29, 0.717) is 42.3 Å². The lowest BCUT2D eigenvalue weighted by Gasteiger charge is -2.28. The average Bonchev–Trinajstić information content (AvgIpc) is 3.44. The van der Waals surface area contributed by atoms with Crippen LogP contribution in [0.3, 0.4) is 0 Å². The number of hydrogen-bond acceptors (Lipinski definition) is 9. The van der Waals surface area contributed by atoms with Gasteiger partial charge in [-0.05, 0) is 67.3 Å². The molecule has 1 saturated heterocycles. The van der Waals surface area contributed by atoms with Crippen molar-refractivity contribution in [1.82, 2.24) is 44.6 Å². The Bertz CT molecular complexity index is 1320. The first-order valence-electron chi connectivity index (χ1n) is 10.9. The van der Waals surface area contributed by atoms with Gasteiger partial charge in [0.2, 0.25) is 5.16 Å². The van der Waals surface area contributed by atoms with Crippen LogP contribution >= 0.6 is 46.7 Å². The maximum Gasteiger partial charge on any atom is 0.216 e. The largest absolute Gasteiger partial charge is 0.306 e. The topological polar surface area (TPSA) is 90.4 Å². The zero-order valence-corrected chi connectivity index (χ0v) is 22.0. The molecule has 3 aromatic heterocycles. The van der Waals surface area contributed by atoms with Crippen LogP contribution in [0.2, 0.25) is 10.0 Å². The Morgan fingerprint density at radius 1 is 1.03 bits per heavy atom. The van der Waals surface area contributed by atoms with Gasteiger partial charge in [0.15, 0.2) is 11.0 Å². The average molecular weight is 537 g/mol. The molecular weight excluding hydrogens is 513 g/mol. The highest BCUT2D eigenvalue weighted by molar-refractivity contribution is 7.99. The molecule has 4 aromatic rings. The predicted molar refractivity (Wildman–Crippen MR) is 135 cm³/mol. The summed E-state index contributed by atoms with van der Waals surface area (Å²) in [6, 6.07) is 3.72. The van der Waals surface area contributed by atoms with Crippen LogP contribution in [0, 0.1) is 0 Å². The van der Waals surface area contributed by atoms with Crippen molar-refractivity contribution in [2.75, 3.05) is 20.1 Å². The van der Waals surface area contributed by atoms with Gasteiger partial charge in [-0.15, -0.1) is 5.10 Å². The number of imidazole rings is 1. The monoisotopic (exact) mass is 535 g/mol. The molecule has 0 bridgehead atoms. The third-order valence-electron chi connectivity index (χ3n) is 5.52. The number of nitrogens with zero attached hydrogens (tertiary/aromatic N) is 9. The lowest BCUT2D eigenvalue weighted by atomic mass is 10.1. The SMILES string of the molecule is CC(C)Sc1nccn1-c1nc2cc(Cl)c(Cl)cc2nc1Sc1nnnn1C1CCN(C)CC1. The summed E-state index contributed by atoms with van der Waals surface area (Å²) in [5.74, 6) is 0.648. The molecule has 9 nitrogen and oxygen atoms in total. The Morgan fingerprint density at radius 2 is 1.74 bits per heavy atom. The molecule has 1 aromatic carbocycles. The molecule has 1 fully saturated rings. The number of hydrogen-bond donors (Lipinski definition) is 0. The number of halogens is 2. The fraction of sp³-hybridized carbons (Fsp3) is 0.429. The number of aromatic nitrogens is 8. The first-order valence-corrected chi connectivity index (χ1v) is 13.4. The van der Waals surface area contributed by atoms with Gasteiger partial charge < -0.3 is 4.90 Å². The summed E-state index contributed by atoms with van der Waals surface area (Å²) in [5, 5.41) is 16.0. The van der Waals surface area contributed by atoms with E-state index in [1.807, 2.05) is 15.4 Å². The summed E-state index contributed by atoms with van der Waals surface area (Å²) in [7, 11) is 2.14. The molecular formula is C21H23Cl2N9S2. The second-order valence-electron chi connectivity index (χ2n) is 8.40. The van der Waals surface area contributed by atoms with E-state index in [4.69, 9.17) is 33.2 Å². The van der Waals surface area contributed by atoms with E-state index >= 15 is 0 Å². The van der Waals surface area contributed by atoms with Crippen LogP contribution < -0.4 is 0 Å². The van der Waals surface area contributed by atoms with Gasteiger partial charge in [0.1, 0.15) is 5.03 Å².